The SMILES string of the molecule is C[C@H]1CC[C@@](O)(CN)C1. The molecule has 2 heteroatoms. The van der Waals surface area contributed by atoms with Crippen LogP contribution in [-0.2, 0) is 0 Å². The largest absolute Gasteiger partial charge is 0.389 e. The molecule has 0 amide bonds. The molecule has 1 aliphatic rings. The third kappa shape index (κ3) is 1.43. The quantitative estimate of drug-likeness (QED) is 0.541. The van der Waals surface area contributed by atoms with Crippen LogP contribution in [0.15, 0.2) is 0 Å². The monoisotopic (exact) mass is 129 g/mol. The van der Waals surface area contributed by atoms with Crippen LogP contribution < -0.4 is 5.73 Å². The third-order valence-electron chi connectivity index (χ3n) is 2.21. The highest BCUT2D eigenvalue weighted by molar-refractivity contribution is 4.87. The van der Waals surface area contributed by atoms with Crippen LogP contribution in [-0.4, -0.2) is 17.3 Å². The first-order chi connectivity index (χ1) is 4.16. The van der Waals surface area contributed by atoms with Gasteiger partial charge in [-0.3, -0.25) is 0 Å². The average Bonchev–Trinajstić information content (AvgIpc) is 2.13. The molecular formula is C7H15NO. The molecule has 1 fully saturated rings. The molecule has 0 heterocycles. The highest BCUT2D eigenvalue weighted by Gasteiger charge is 2.33. The van der Waals surface area contributed by atoms with Gasteiger partial charge in [-0.1, -0.05) is 6.92 Å². The molecule has 2 atom stereocenters. The van der Waals surface area contributed by atoms with Crippen LogP contribution in [0.4, 0.5) is 0 Å². The predicted molar refractivity (Wildman–Crippen MR) is 37.0 cm³/mol. The first-order valence-corrected chi connectivity index (χ1v) is 3.59. The Morgan fingerprint density at radius 2 is 2.44 bits per heavy atom. The van der Waals surface area contributed by atoms with E-state index in [4.69, 9.17) is 5.73 Å². The number of hydrogen-bond acceptors (Lipinski definition) is 2. The zero-order valence-corrected chi connectivity index (χ0v) is 5.93. The van der Waals surface area contributed by atoms with E-state index in [1.165, 1.54) is 0 Å². The van der Waals surface area contributed by atoms with Gasteiger partial charge in [0.25, 0.3) is 0 Å². The second-order valence-corrected chi connectivity index (χ2v) is 3.28. The van der Waals surface area contributed by atoms with Gasteiger partial charge < -0.3 is 10.8 Å². The molecule has 1 saturated carbocycles. The lowest BCUT2D eigenvalue weighted by Crippen LogP contribution is -2.34. The smallest absolute Gasteiger partial charge is 0.0772 e. The molecular weight excluding hydrogens is 114 g/mol. The van der Waals surface area contributed by atoms with E-state index in [1.807, 2.05) is 0 Å². The van der Waals surface area contributed by atoms with Gasteiger partial charge in [-0.2, -0.15) is 0 Å². The van der Waals surface area contributed by atoms with E-state index in [9.17, 15) is 5.11 Å². The van der Waals surface area contributed by atoms with Crippen LogP contribution >= 0.6 is 0 Å². The maximum absolute atomic E-state index is 9.55. The summed E-state index contributed by atoms with van der Waals surface area (Å²) in [5, 5.41) is 9.55. The maximum atomic E-state index is 9.55. The Kier molecular flexibility index (Phi) is 1.78. The van der Waals surface area contributed by atoms with E-state index in [1.54, 1.807) is 0 Å². The normalized spacial score (nSPS) is 43.7. The molecule has 0 unspecified atom stereocenters. The molecule has 1 aliphatic carbocycles. The maximum Gasteiger partial charge on any atom is 0.0772 e. The number of rotatable bonds is 1. The van der Waals surface area contributed by atoms with Gasteiger partial charge in [-0.05, 0) is 25.2 Å². The minimum atomic E-state index is -0.514. The summed E-state index contributed by atoms with van der Waals surface area (Å²) in [5.74, 6) is 0.665. The summed E-state index contributed by atoms with van der Waals surface area (Å²) in [7, 11) is 0. The summed E-state index contributed by atoms with van der Waals surface area (Å²) in [6.07, 6.45) is 2.92. The standard InChI is InChI=1S/C7H15NO/c1-6-2-3-7(9,4-6)5-8/h6,9H,2-5,8H2,1H3/t6-,7-/m0/s1. The highest BCUT2D eigenvalue weighted by Crippen LogP contribution is 2.32. The number of hydrogen-bond donors (Lipinski definition) is 2. The van der Waals surface area contributed by atoms with E-state index in [0.29, 0.717) is 12.5 Å². The second-order valence-electron chi connectivity index (χ2n) is 3.28. The van der Waals surface area contributed by atoms with E-state index in [-0.39, 0.29) is 0 Å². The molecule has 0 aromatic rings. The highest BCUT2D eigenvalue weighted by atomic mass is 16.3. The van der Waals surface area contributed by atoms with Crippen molar-refractivity contribution < 1.29 is 5.11 Å². The molecule has 3 N–H and O–H groups in total. The Hall–Kier alpha value is -0.0800. The summed E-state index contributed by atoms with van der Waals surface area (Å²) in [6.45, 7) is 2.59. The van der Waals surface area contributed by atoms with Crippen LogP contribution in [0.2, 0.25) is 0 Å². The molecule has 0 aliphatic heterocycles. The van der Waals surface area contributed by atoms with Crippen molar-refractivity contribution in [3.8, 4) is 0 Å². The fourth-order valence-electron chi connectivity index (χ4n) is 1.55. The number of aliphatic hydroxyl groups is 1. The Bertz CT molecular complexity index is 105. The Labute approximate surface area is 56.1 Å². The van der Waals surface area contributed by atoms with E-state index in [0.717, 1.165) is 19.3 Å². The van der Waals surface area contributed by atoms with Crippen LogP contribution in [0.1, 0.15) is 26.2 Å². The van der Waals surface area contributed by atoms with Crippen molar-refractivity contribution in [2.75, 3.05) is 6.54 Å². The summed E-state index contributed by atoms with van der Waals surface area (Å²) >= 11 is 0. The van der Waals surface area contributed by atoms with Crippen molar-refractivity contribution in [1.82, 2.24) is 0 Å². The Morgan fingerprint density at radius 3 is 2.67 bits per heavy atom. The van der Waals surface area contributed by atoms with Gasteiger partial charge in [0.2, 0.25) is 0 Å². The van der Waals surface area contributed by atoms with Crippen molar-refractivity contribution in [3.63, 3.8) is 0 Å². The molecule has 0 spiro atoms. The van der Waals surface area contributed by atoms with Gasteiger partial charge in [0.05, 0.1) is 5.60 Å². The average molecular weight is 129 g/mol. The van der Waals surface area contributed by atoms with Crippen LogP contribution in [0.25, 0.3) is 0 Å². The molecule has 54 valence electrons. The molecule has 9 heavy (non-hydrogen) atoms. The second kappa shape index (κ2) is 2.27. The van der Waals surface area contributed by atoms with Crippen molar-refractivity contribution in [3.05, 3.63) is 0 Å². The lowest BCUT2D eigenvalue weighted by molar-refractivity contribution is 0.0534. The fourth-order valence-corrected chi connectivity index (χ4v) is 1.55. The Balaban J connectivity index is 2.45. The van der Waals surface area contributed by atoms with Crippen molar-refractivity contribution in [2.45, 2.75) is 31.8 Å². The summed E-state index contributed by atoms with van der Waals surface area (Å²) in [6, 6.07) is 0. The van der Waals surface area contributed by atoms with Crippen molar-refractivity contribution in [2.24, 2.45) is 11.7 Å². The molecule has 0 aromatic carbocycles. The molecule has 0 aromatic heterocycles. The lowest BCUT2D eigenvalue weighted by atomic mass is 10.0. The van der Waals surface area contributed by atoms with Crippen molar-refractivity contribution in [1.29, 1.82) is 0 Å². The fraction of sp³-hybridized carbons (Fsp3) is 1.00. The van der Waals surface area contributed by atoms with Gasteiger partial charge in [0.1, 0.15) is 0 Å². The van der Waals surface area contributed by atoms with Crippen LogP contribution in [0.3, 0.4) is 0 Å². The number of nitrogens with two attached hydrogens (primary N) is 1. The van der Waals surface area contributed by atoms with Crippen LogP contribution in [0.5, 0.6) is 0 Å². The minimum Gasteiger partial charge on any atom is -0.389 e. The molecule has 0 saturated heterocycles. The summed E-state index contributed by atoms with van der Waals surface area (Å²) < 4.78 is 0. The van der Waals surface area contributed by atoms with Gasteiger partial charge in [-0.25, -0.2) is 0 Å². The zero-order chi connectivity index (χ0) is 6.91. The molecule has 0 bridgehead atoms. The van der Waals surface area contributed by atoms with Crippen LogP contribution in [0, 0.1) is 5.92 Å². The molecule has 1 rings (SSSR count). The van der Waals surface area contributed by atoms with E-state index < -0.39 is 5.60 Å². The van der Waals surface area contributed by atoms with Gasteiger partial charge in [0, 0.05) is 6.54 Å². The van der Waals surface area contributed by atoms with Gasteiger partial charge in [-0.15, -0.1) is 0 Å². The summed E-state index contributed by atoms with van der Waals surface area (Å²) in [4.78, 5) is 0. The topological polar surface area (TPSA) is 46.2 Å². The molecule has 2 nitrogen and oxygen atoms in total. The van der Waals surface area contributed by atoms with Gasteiger partial charge in [0.15, 0.2) is 0 Å². The van der Waals surface area contributed by atoms with Gasteiger partial charge >= 0.3 is 0 Å². The molecule has 0 radical (unpaired) electrons. The minimum absolute atomic E-state index is 0.428. The summed E-state index contributed by atoms with van der Waals surface area (Å²) in [5.41, 5.74) is 4.87. The lowest BCUT2D eigenvalue weighted by Gasteiger charge is -2.18. The Morgan fingerprint density at radius 1 is 1.78 bits per heavy atom. The third-order valence-corrected chi connectivity index (χ3v) is 2.21. The zero-order valence-electron chi connectivity index (χ0n) is 5.93. The van der Waals surface area contributed by atoms with E-state index in [2.05, 4.69) is 6.92 Å². The predicted octanol–water partition coefficient (Wildman–Crippen LogP) is 0.496. The van der Waals surface area contributed by atoms with Crippen molar-refractivity contribution >= 4 is 0 Å². The van der Waals surface area contributed by atoms with E-state index >= 15 is 0 Å². The first kappa shape index (κ1) is 7.03. The first-order valence-electron chi connectivity index (χ1n) is 3.59.